The van der Waals surface area contributed by atoms with E-state index in [0.29, 0.717) is 19.4 Å². The highest BCUT2D eigenvalue weighted by Gasteiger charge is 2.34. The van der Waals surface area contributed by atoms with Crippen molar-refractivity contribution in [1.82, 2.24) is 9.62 Å². The smallest absolute Gasteiger partial charge is 0.243 e. The average Bonchev–Trinajstić information content (AvgIpc) is 2.77. The lowest BCUT2D eigenvalue weighted by Gasteiger charge is -2.33. The predicted molar refractivity (Wildman–Crippen MR) is 117 cm³/mol. The molecule has 2 unspecified atom stereocenters. The van der Waals surface area contributed by atoms with Crippen molar-refractivity contribution in [1.29, 1.82) is 0 Å². The SMILES string of the molecule is COc1ccc(C(NC(=O)C2CCCN(S(=O)(=O)c3ccc(F)cc3)C2)C(C)C)cc1. The molecule has 1 aliphatic rings. The molecule has 8 heteroatoms. The number of benzene rings is 2. The first-order valence-corrected chi connectivity index (χ1v) is 11.9. The van der Waals surface area contributed by atoms with Crippen molar-refractivity contribution in [2.45, 2.75) is 37.6 Å². The van der Waals surface area contributed by atoms with Crippen molar-refractivity contribution in [2.75, 3.05) is 20.2 Å². The van der Waals surface area contributed by atoms with Crippen LogP contribution in [0.3, 0.4) is 0 Å². The van der Waals surface area contributed by atoms with Gasteiger partial charge >= 0.3 is 0 Å². The second kappa shape index (κ2) is 9.78. The maximum absolute atomic E-state index is 13.2. The molecular weight excluding hydrogens is 419 g/mol. The summed E-state index contributed by atoms with van der Waals surface area (Å²) in [6.07, 6.45) is 1.21. The molecule has 0 aliphatic carbocycles. The summed E-state index contributed by atoms with van der Waals surface area (Å²) in [5, 5.41) is 3.11. The Kier molecular flexibility index (Phi) is 7.33. The third-order valence-electron chi connectivity index (χ3n) is 5.65. The van der Waals surface area contributed by atoms with Crippen LogP contribution in [0.4, 0.5) is 4.39 Å². The highest BCUT2D eigenvalue weighted by molar-refractivity contribution is 7.89. The lowest BCUT2D eigenvalue weighted by atomic mass is 9.93. The summed E-state index contributed by atoms with van der Waals surface area (Å²) >= 11 is 0. The summed E-state index contributed by atoms with van der Waals surface area (Å²) in [6.45, 7) is 4.51. The lowest BCUT2D eigenvalue weighted by molar-refractivity contribution is -0.127. The van der Waals surface area contributed by atoms with Crippen LogP contribution in [0, 0.1) is 17.7 Å². The number of sulfonamides is 1. The fourth-order valence-corrected chi connectivity index (χ4v) is 5.37. The van der Waals surface area contributed by atoms with E-state index in [4.69, 9.17) is 4.74 Å². The van der Waals surface area contributed by atoms with Gasteiger partial charge in [-0.05, 0) is 60.7 Å². The Hall–Kier alpha value is -2.45. The minimum Gasteiger partial charge on any atom is -0.497 e. The molecule has 1 saturated heterocycles. The predicted octanol–water partition coefficient (Wildman–Crippen LogP) is 3.75. The number of piperidine rings is 1. The molecule has 1 heterocycles. The van der Waals surface area contributed by atoms with E-state index < -0.39 is 21.8 Å². The number of amides is 1. The van der Waals surface area contributed by atoms with Gasteiger partial charge in [-0.1, -0.05) is 26.0 Å². The largest absolute Gasteiger partial charge is 0.497 e. The van der Waals surface area contributed by atoms with Crippen LogP contribution in [-0.2, 0) is 14.8 Å². The van der Waals surface area contributed by atoms with Gasteiger partial charge < -0.3 is 10.1 Å². The molecule has 0 radical (unpaired) electrons. The molecule has 1 fully saturated rings. The molecule has 1 N–H and O–H groups in total. The number of halogens is 1. The van der Waals surface area contributed by atoms with Crippen LogP contribution in [0.15, 0.2) is 53.4 Å². The first-order chi connectivity index (χ1) is 14.7. The molecule has 0 saturated carbocycles. The second-order valence-electron chi connectivity index (χ2n) is 8.16. The number of rotatable bonds is 7. The van der Waals surface area contributed by atoms with Gasteiger partial charge in [0.1, 0.15) is 11.6 Å². The van der Waals surface area contributed by atoms with E-state index in [9.17, 15) is 17.6 Å². The van der Waals surface area contributed by atoms with Gasteiger partial charge in [0.15, 0.2) is 0 Å². The average molecular weight is 449 g/mol. The third kappa shape index (κ3) is 5.43. The molecule has 1 aliphatic heterocycles. The van der Waals surface area contributed by atoms with Crippen molar-refractivity contribution >= 4 is 15.9 Å². The number of hydrogen-bond acceptors (Lipinski definition) is 4. The van der Waals surface area contributed by atoms with Crippen molar-refractivity contribution in [3.8, 4) is 5.75 Å². The van der Waals surface area contributed by atoms with E-state index in [1.165, 1.54) is 16.4 Å². The van der Waals surface area contributed by atoms with Crippen LogP contribution in [0.2, 0.25) is 0 Å². The number of nitrogens with one attached hydrogen (secondary N) is 1. The third-order valence-corrected chi connectivity index (χ3v) is 7.53. The number of hydrogen-bond donors (Lipinski definition) is 1. The van der Waals surface area contributed by atoms with Crippen LogP contribution in [0.25, 0.3) is 0 Å². The Morgan fingerprint density at radius 2 is 1.77 bits per heavy atom. The minimum absolute atomic E-state index is 0.0354. The Labute approximate surface area is 183 Å². The van der Waals surface area contributed by atoms with E-state index in [-0.39, 0.29) is 29.3 Å². The van der Waals surface area contributed by atoms with E-state index in [1.807, 2.05) is 38.1 Å². The molecule has 2 aromatic rings. The first kappa shape index (κ1) is 23.2. The molecule has 1 amide bonds. The summed E-state index contributed by atoms with van der Waals surface area (Å²) in [5.41, 5.74) is 0.968. The van der Waals surface area contributed by atoms with Gasteiger partial charge in [0.2, 0.25) is 15.9 Å². The maximum atomic E-state index is 13.2. The fraction of sp³-hybridized carbons (Fsp3) is 0.435. The Balaban J connectivity index is 1.72. The highest BCUT2D eigenvalue weighted by atomic mass is 32.2. The molecule has 0 bridgehead atoms. The molecule has 2 aromatic carbocycles. The van der Waals surface area contributed by atoms with Crippen LogP contribution in [0.5, 0.6) is 5.75 Å². The Morgan fingerprint density at radius 3 is 2.35 bits per heavy atom. The Morgan fingerprint density at radius 1 is 1.13 bits per heavy atom. The molecule has 0 spiro atoms. The number of nitrogens with zero attached hydrogens (tertiary/aromatic N) is 1. The summed E-state index contributed by atoms with van der Waals surface area (Å²) in [5.74, 6) is -0.198. The van der Waals surface area contributed by atoms with Gasteiger partial charge in [-0.15, -0.1) is 0 Å². The first-order valence-electron chi connectivity index (χ1n) is 10.4. The zero-order chi connectivity index (χ0) is 22.6. The fourth-order valence-electron chi connectivity index (χ4n) is 3.85. The maximum Gasteiger partial charge on any atom is 0.243 e. The molecule has 6 nitrogen and oxygen atoms in total. The number of ether oxygens (including phenoxy) is 1. The summed E-state index contributed by atoms with van der Waals surface area (Å²) < 4.78 is 45.6. The number of carbonyl (C=O) groups excluding carboxylic acids is 1. The van der Waals surface area contributed by atoms with E-state index in [1.54, 1.807) is 7.11 Å². The standard InChI is InChI=1S/C23H29FN2O4S/c1-16(2)22(17-6-10-20(30-3)11-7-17)25-23(27)18-5-4-14-26(15-18)31(28,29)21-12-8-19(24)9-13-21/h6-13,16,18,22H,4-5,14-15H2,1-3H3,(H,25,27). The Bertz CT molecular complexity index is 991. The van der Waals surface area contributed by atoms with Crippen LogP contribution < -0.4 is 10.1 Å². The molecule has 0 aromatic heterocycles. The second-order valence-corrected chi connectivity index (χ2v) is 10.1. The number of methoxy groups -OCH3 is 1. The highest BCUT2D eigenvalue weighted by Crippen LogP contribution is 2.27. The number of carbonyl (C=O) groups is 1. The van der Waals surface area contributed by atoms with Gasteiger partial charge in [-0.3, -0.25) is 4.79 Å². The summed E-state index contributed by atoms with van der Waals surface area (Å²) in [7, 11) is -2.17. The summed E-state index contributed by atoms with van der Waals surface area (Å²) in [6, 6.07) is 12.1. The van der Waals surface area contributed by atoms with Crippen molar-refractivity contribution in [2.24, 2.45) is 11.8 Å². The van der Waals surface area contributed by atoms with Crippen molar-refractivity contribution < 1.29 is 22.3 Å². The minimum atomic E-state index is -3.78. The molecule has 168 valence electrons. The van der Waals surface area contributed by atoms with Crippen LogP contribution in [-0.4, -0.2) is 38.8 Å². The monoisotopic (exact) mass is 448 g/mol. The molecule has 3 rings (SSSR count). The van der Waals surface area contributed by atoms with Crippen LogP contribution in [0.1, 0.15) is 38.3 Å². The van der Waals surface area contributed by atoms with Crippen molar-refractivity contribution in [3.05, 3.63) is 59.9 Å². The van der Waals surface area contributed by atoms with Crippen molar-refractivity contribution in [3.63, 3.8) is 0 Å². The van der Waals surface area contributed by atoms with Gasteiger partial charge in [0, 0.05) is 13.1 Å². The van der Waals surface area contributed by atoms with Gasteiger partial charge in [-0.2, -0.15) is 4.31 Å². The van der Waals surface area contributed by atoms with Gasteiger partial charge in [0.05, 0.1) is 24.0 Å². The van der Waals surface area contributed by atoms with E-state index in [0.717, 1.165) is 23.4 Å². The normalized spacial score (nSPS) is 18.5. The van der Waals surface area contributed by atoms with E-state index >= 15 is 0 Å². The topological polar surface area (TPSA) is 75.7 Å². The lowest BCUT2D eigenvalue weighted by Crippen LogP contribution is -2.46. The van der Waals surface area contributed by atoms with E-state index in [2.05, 4.69) is 5.32 Å². The molecular formula is C23H29FN2O4S. The quantitative estimate of drug-likeness (QED) is 0.700. The zero-order valence-corrected chi connectivity index (χ0v) is 18.9. The van der Waals surface area contributed by atoms with Gasteiger partial charge in [0.25, 0.3) is 0 Å². The molecule has 2 atom stereocenters. The summed E-state index contributed by atoms with van der Waals surface area (Å²) in [4.78, 5) is 13.1. The molecule has 31 heavy (non-hydrogen) atoms. The van der Waals surface area contributed by atoms with Crippen LogP contribution >= 0.6 is 0 Å². The zero-order valence-electron chi connectivity index (χ0n) is 18.0. The van der Waals surface area contributed by atoms with Gasteiger partial charge in [-0.25, -0.2) is 12.8 Å².